The zero-order valence-corrected chi connectivity index (χ0v) is 20.1. The molecule has 1 N–H and O–H groups in total. The molecule has 0 radical (unpaired) electrons. The summed E-state index contributed by atoms with van der Waals surface area (Å²) in [6.07, 6.45) is 0. The molecule has 9 heteroatoms. The van der Waals surface area contributed by atoms with Crippen LogP contribution in [0.2, 0.25) is 20.1 Å². The number of fused-ring (bicyclic) bond motifs is 1. The molecule has 1 amide bonds. The molecule has 0 spiro atoms. The molecule has 33 heavy (non-hydrogen) atoms. The molecule has 1 heterocycles. The van der Waals surface area contributed by atoms with Crippen LogP contribution >= 0.6 is 46.4 Å². The Kier molecular flexibility index (Phi) is 6.86. The van der Waals surface area contributed by atoms with E-state index in [4.69, 9.17) is 55.6 Å². The number of carbonyl (C=O) groups is 1. The van der Waals surface area contributed by atoms with Crippen LogP contribution in [0.1, 0.15) is 5.56 Å². The van der Waals surface area contributed by atoms with Gasteiger partial charge < -0.3 is 14.5 Å². The third kappa shape index (κ3) is 4.97. The minimum absolute atomic E-state index is 0.136. The summed E-state index contributed by atoms with van der Waals surface area (Å²) in [5, 5.41) is 3.68. The fourth-order valence-electron chi connectivity index (χ4n) is 3.16. The van der Waals surface area contributed by atoms with Crippen molar-refractivity contribution in [3.63, 3.8) is 0 Å². The van der Waals surface area contributed by atoms with Crippen molar-refractivity contribution >= 4 is 69.0 Å². The first-order valence-electron chi connectivity index (χ1n) is 9.64. The van der Waals surface area contributed by atoms with Crippen LogP contribution < -0.4 is 15.5 Å². The number of hydrogen-bond acceptors (Lipinski definition) is 4. The van der Waals surface area contributed by atoms with Crippen LogP contribution in [-0.2, 0) is 4.79 Å². The van der Waals surface area contributed by atoms with Crippen molar-refractivity contribution in [2.45, 2.75) is 6.92 Å². The molecule has 0 saturated heterocycles. The van der Waals surface area contributed by atoms with Crippen LogP contribution in [0.15, 0.2) is 63.8 Å². The van der Waals surface area contributed by atoms with Crippen LogP contribution in [0.25, 0.3) is 22.3 Å². The van der Waals surface area contributed by atoms with Gasteiger partial charge in [-0.2, -0.15) is 0 Å². The van der Waals surface area contributed by atoms with Gasteiger partial charge in [0.2, 0.25) is 11.2 Å². The van der Waals surface area contributed by atoms with E-state index in [0.29, 0.717) is 16.3 Å². The molecule has 4 rings (SSSR count). The first-order chi connectivity index (χ1) is 15.7. The van der Waals surface area contributed by atoms with E-state index in [1.807, 2.05) is 19.1 Å². The van der Waals surface area contributed by atoms with Gasteiger partial charge in [0, 0.05) is 10.6 Å². The summed E-state index contributed by atoms with van der Waals surface area (Å²) in [5.41, 5.74) is 1.58. The smallest absolute Gasteiger partial charge is 0.262 e. The Morgan fingerprint density at radius 3 is 2.45 bits per heavy atom. The fourth-order valence-corrected chi connectivity index (χ4v) is 4.04. The molecule has 1 aromatic heterocycles. The zero-order valence-electron chi connectivity index (χ0n) is 17.0. The second-order valence-electron chi connectivity index (χ2n) is 7.16. The third-order valence-corrected chi connectivity index (χ3v) is 6.07. The average Bonchev–Trinajstić information content (AvgIpc) is 2.77. The predicted octanol–water partition coefficient (Wildman–Crippen LogP) is 7.40. The van der Waals surface area contributed by atoms with Crippen LogP contribution in [0, 0.1) is 6.92 Å². The van der Waals surface area contributed by atoms with Gasteiger partial charge in [-0.15, -0.1) is 0 Å². The molecule has 0 aliphatic heterocycles. The molecule has 0 bridgehead atoms. The number of nitrogens with one attached hydrogen (secondary N) is 1. The number of amides is 1. The molecule has 0 atom stereocenters. The van der Waals surface area contributed by atoms with Gasteiger partial charge in [-0.3, -0.25) is 9.59 Å². The Bertz CT molecular complexity index is 1430. The Balaban J connectivity index is 1.73. The van der Waals surface area contributed by atoms with E-state index in [1.54, 1.807) is 30.3 Å². The number of carbonyl (C=O) groups excluding carboxylic acids is 1. The molecule has 0 saturated carbocycles. The summed E-state index contributed by atoms with van der Waals surface area (Å²) in [7, 11) is 0. The van der Waals surface area contributed by atoms with Gasteiger partial charge >= 0.3 is 0 Å². The minimum atomic E-state index is -0.544. The van der Waals surface area contributed by atoms with Crippen molar-refractivity contribution in [2.75, 3.05) is 11.9 Å². The minimum Gasteiger partial charge on any atom is -0.476 e. The number of hydrogen-bond donors (Lipinski definition) is 1. The maximum atomic E-state index is 13.3. The Morgan fingerprint density at radius 1 is 1.00 bits per heavy atom. The Hall–Kier alpha value is -2.70. The van der Waals surface area contributed by atoms with Gasteiger partial charge in [-0.05, 0) is 31.2 Å². The third-order valence-electron chi connectivity index (χ3n) is 4.76. The number of anilines is 1. The standard InChI is InChI=1S/C24H15Cl4NO4/c1-12-5-7-13(8-6-12)22-24(21(31)15-9-14(25)10-17(27)23(15)33-22)32-11-19(30)29-18-4-2-3-16(26)20(18)28/h2-10H,11H2,1H3,(H,29,30). The van der Waals surface area contributed by atoms with E-state index in [0.717, 1.165) is 5.56 Å². The number of benzene rings is 3. The predicted molar refractivity (Wildman–Crippen MR) is 133 cm³/mol. The summed E-state index contributed by atoms with van der Waals surface area (Å²) in [5.74, 6) is -0.542. The van der Waals surface area contributed by atoms with E-state index >= 15 is 0 Å². The summed E-state index contributed by atoms with van der Waals surface area (Å²) in [4.78, 5) is 25.8. The average molecular weight is 523 g/mol. The molecule has 168 valence electrons. The van der Waals surface area contributed by atoms with Crippen molar-refractivity contribution in [3.05, 3.63) is 90.5 Å². The maximum Gasteiger partial charge on any atom is 0.262 e. The van der Waals surface area contributed by atoms with E-state index in [1.165, 1.54) is 12.1 Å². The van der Waals surface area contributed by atoms with Crippen molar-refractivity contribution in [3.8, 4) is 17.1 Å². The van der Waals surface area contributed by atoms with Gasteiger partial charge in [-0.25, -0.2) is 0 Å². The van der Waals surface area contributed by atoms with Crippen molar-refractivity contribution in [2.24, 2.45) is 0 Å². The topological polar surface area (TPSA) is 68.5 Å². The molecule has 4 aromatic rings. The van der Waals surface area contributed by atoms with E-state index in [-0.39, 0.29) is 37.5 Å². The normalized spacial score (nSPS) is 10.9. The van der Waals surface area contributed by atoms with Crippen molar-refractivity contribution < 1.29 is 13.9 Å². The Labute approximate surface area is 208 Å². The monoisotopic (exact) mass is 521 g/mol. The highest BCUT2D eigenvalue weighted by atomic mass is 35.5. The molecular weight excluding hydrogens is 508 g/mol. The lowest BCUT2D eigenvalue weighted by Gasteiger charge is -2.13. The first-order valence-corrected chi connectivity index (χ1v) is 11.2. The highest BCUT2D eigenvalue weighted by Gasteiger charge is 2.21. The van der Waals surface area contributed by atoms with Gasteiger partial charge in [-0.1, -0.05) is 82.3 Å². The van der Waals surface area contributed by atoms with E-state index in [2.05, 4.69) is 5.32 Å². The summed E-state index contributed by atoms with van der Waals surface area (Å²) in [6, 6.07) is 15.0. The fraction of sp³-hybridized carbons (Fsp3) is 0.0833. The second-order valence-corrected chi connectivity index (χ2v) is 8.79. The largest absolute Gasteiger partial charge is 0.476 e. The molecule has 0 unspecified atom stereocenters. The van der Waals surface area contributed by atoms with E-state index < -0.39 is 17.9 Å². The molecule has 0 fully saturated rings. The lowest BCUT2D eigenvalue weighted by atomic mass is 10.1. The highest BCUT2D eigenvalue weighted by molar-refractivity contribution is 6.44. The maximum absolute atomic E-state index is 13.3. The van der Waals surface area contributed by atoms with E-state index in [9.17, 15) is 9.59 Å². The van der Waals surface area contributed by atoms with Crippen LogP contribution in [0.3, 0.4) is 0 Å². The molecule has 0 aliphatic rings. The second kappa shape index (κ2) is 9.65. The number of ether oxygens (including phenoxy) is 1. The molecule has 3 aromatic carbocycles. The summed E-state index contributed by atoms with van der Waals surface area (Å²) in [6.45, 7) is 1.45. The number of rotatable bonds is 5. The first kappa shape index (κ1) is 23.5. The van der Waals surface area contributed by atoms with Gasteiger partial charge in [0.15, 0.2) is 18.0 Å². The van der Waals surface area contributed by atoms with Gasteiger partial charge in [0.05, 0.1) is 26.1 Å². The SMILES string of the molecule is Cc1ccc(-c2oc3c(Cl)cc(Cl)cc3c(=O)c2OCC(=O)Nc2cccc(Cl)c2Cl)cc1. The lowest BCUT2D eigenvalue weighted by Crippen LogP contribution is -2.23. The summed E-state index contributed by atoms with van der Waals surface area (Å²) < 4.78 is 11.6. The highest BCUT2D eigenvalue weighted by Crippen LogP contribution is 2.35. The lowest BCUT2D eigenvalue weighted by molar-refractivity contribution is -0.118. The zero-order chi connectivity index (χ0) is 23.7. The van der Waals surface area contributed by atoms with Crippen LogP contribution in [0.5, 0.6) is 5.75 Å². The molecular formula is C24H15Cl4NO4. The number of aryl methyl sites for hydroxylation is 1. The quantitative estimate of drug-likeness (QED) is 0.296. The molecule has 5 nitrogen and oxygen atoms in total. The number of halogens is 4. The van der Waals surface area contributed by atoms with Crippen LogP contribution in [0.4, 0.5) is 5.69 Å². The summed E-state index contributed by atoms with van der Waals surface area (Å²) >= 11 is 24.4. The van der Waals surface area contributed by atoms with Gasteiger partial charge in [0.1, 0.15) is 0 Å². The van der Waals surface area contributed by atoms with Gasteiger partial charge in [0.25, 0.3) is 5.91 Å². The Morgan fingerprint density at radius 2 is 1.73 bits per heavy atom. The van der Waals surface area contributed by atoms with Crippen molar-refractivity contribution in [1.82, 2.24) is 0 Å². The van der Waals surface area contributed by atoms with Crippen LogP contribution in [-0.4, -0.2) is 12.5 Å². The molecule has 0 aliphatic carbocycles. The van der Waals surface area contributed by atoms with Crippen molar-refractivity contribution in [1.29, 1.82) is 0 Å².